The number of thioether (sulfide) groups is 1. The average molecular weight is 470 g/mol. The molecule has 4 aromatic heterocycles. The van der Waals surface area contributed by atoms with Gasteiger partial charge in [0.05, 0.1) is 16.3 Å². The minimum atomic E-state index is -4.57. The summed E-state index contributed by atoms with van der Waals surface area (Å²) in [7, 11) is 0. The Balaban J connectivity index is 1.60. The third kappa shape index (κ3) is 3.94. The van der Waals surface area contributed by atoms with Crippen LogP contribution in [-0.2, 0) is 6.18 Å². The molecular formula is C19H15ClF3N5O2S. The van der Waals surface area contributed by atoms with Crippen molar-refractivity contribution < 1.29 is 22.5 Å². The van der Waals surface area contributed by atoms with E-state index in [2.05, 4.69) is 15.4 Å². The highest BCUT2D eigenvalue weighted by Crippen LogP contribution is 2.33. The fraction of sp³-hybridized carbons (Fsp3) is 0.263. The summed E-state index contributed by atoms with van der Waals surface area (Å²) in [5.41, 5.74) is 1.13. The van der Waals surface area contributed by atoms with Crippen LogP contribution in [0.25, 0.3) is 11.5 Å². The summed E-state index contributed by atoms with van der Waals surface area (Å²) in [6.45, 7) is 5.40. The maximum Gasteiger partial charge on any atom is 0.417 e. The van der Waals surface area contributed by atoms with Gasteiger partial charge in [-0.05, 0) is 32.9 Å². The highest BCUT2D eigenvalue weighted by Gasteiger charge is 2.32. The quantitative estimate of drug-likeness (QED) is 0.299. The Kier molecular flexibility index (Phi) is 5.34. The highest BCUT2D eigenvalue weighted by molar-refractivity contribution is 7.99. The molecule has 0 saturated heterocycles. The summed E-state index contributed by atoms with van der Waals surface area (Å²) in [5.74, 6) is 0.953. The SMILES string of the molecule is Cc1cc(-n2c(C)cc(C(=O)CSc3nnc4c(Cl)cc(C(F)(F)F)cn34)c2C)no1. The van der Waals surface area contributed by atoms with Crippen molar-refractivity contribution in [2.24, 2.45) is 0 Å². The van der Waals surface area contributed by atoms with Gasteiger partial charge in [-0.2, -0.15) is 13.2 Å². The van der Waals surface area contributed by atoms with Gasteiger partial charge in [0.15, 0.2) is 22.4 Å². The molecule has 162 valence electrons. The second-order valence-electron chi connectivity index (χ2n) is 6.88. The largest absolute Gasteiger partial charge is 0.417 e. The van der Waals surface area contributed by atoms with E-state index < -0.39 is 11.7 Å². The van der Waals surface area contributed by atoms with Gasteiger partial charge in [-0.1, -0.05) is 28.5 Å². The van der Waals surface area contributed by atoms with Crippen LogP contribution in [0.5, 0.6) is 0 Å². The number of aromatic nitrogens is 5. The van der Waals surface area contributed by atoms with Crippen LogP contribution in [0.15, 0.2) is 34.1 Å². The summed E-state index contributed by atoms with van der Waals surface area (Å²) in [4.78, 5) is 12.9. The fourth-order valence-corrected chi connectivity index (χ4v) is 4.29. The van der Waals surface area contributed by atoms with E-state index in [0.29, 0.717) is 22.8 Å². The molecule has 4 rings (SSSR count). The normalized spacial score (nSPS) is 12.1. The summed E-state index contributed by atoms with van der Waals surface area (Å²) in [5, 5.41) is 11.7. The van der Waals surface area contributed by atoms with Crippen LogP contribution < -0.4 is 0 Å². The predicted octanol–water partition coefficient (Wildman–Crippen LogP) is 5.08. The molecule has 0 amide bonds. The first-order valence-corrected chi connectivity index (χ1v) is 10.3. The van der Waals surface area contributed by atoms with E-state index in [1.807, 2.05) is 6.92 Å². The first-order valence-electron chi connectivity index (χ1n) is 8.96. The van der Waals surface area contributed by atoms with E-state index in [-0.39, 0.29) is 27.4 Å². The number of halogens is 4. The Bertz CT molecular complexity index is 1310. The van der Waals surface area contributed by atoms with Crippen LogP contribution in [0.4, 0.5) is 13.2 Å². The van der Waals surface area contributed by atoms with Gasteiger partial charge in [-0.15, -0.1) is 10.2 Å². The Morgan fingerprint density at radius 1 is 1.19 bits per heavy atom. The van der Waals surface area contributed by atoms with Crippen molar-refractivity contribution in [3.05, 3.63) is 57.7 Å². The molecule has 0 aromatic carbocycles. The summed E-state index contributed by atoms with van der Waals surface area (Å²) < 4.78 is 47.4. The number of pyridine rings is 1. The van der Waals surface area contributed by atoms with Crippen LogP contribution in [0.2, 0.25) is 5.02 Å². The van der Waals surface area contributed by atoms with Crippen LogP contribution in [0.1, 0.15) is 33.1 Å². The fourth-order valence-electron chi connectivity index (χ4n) is 3.25. The van der Waals surface area contributed by atoms with E-state index in [1.54, 1.807) is 30.5 Å². The maximum atomic E-state index is 13.1. The molecule has 4 aromatic rings. The lowest BCUT2D eigenvalue weighted by molar-refractivity contribution is -0.137. The summed E-state index contributed by atoms with van der Waals surface area (Å²) >= 11 is 6.91. The van der Waals surface area contributed by atoms with Crippen molar-refractivity contribution in [2.45, 2.75) is 32.1 Å². The monoisotopic (exact) mass is 469 g/mol. The number of alkyl halides is 3. The van der Waals surface area contributed by atoms with Crippen molar-refractivity contribution in [3.63, 3.8) is 0 Å². The molecule has 0 aliphatic rings. The van der Waals surface area contributed by atoms with Crippen molar-refractivity contribution >= 4 is 34.8 Å². The molecule has 0 atom stereocenters. The number of rotatable bonds is 5. The van der Waals surface area contributed by atoms with E-state index >= 15 is 0 Å². The standard InChI is InChI=1S/C19H15ClF3N5O2S/c1-9-4-13(11(3)28(9)16-5-10(2)30-26-16)15(29)8-31-18-25-24-17-14(20)6-12(7-27(17)18)19(21,22)23/h4-7H,8H2,1-3H3. The smallest absolute Gasteiger partial charge is 0.360 e. The second-order valence-corrected chi connectivity index (χ2v) is 8.23. The number of aryl methyl sites for hydroxylation is 2. The van der Waals surface area contributed by atoms with Gasteiger partial charge >= 0.3 is 6.18 Å². The maximum absolute atomic E-state index is 13.1. The molecule has 0 aliphatic carbocycles. The third-order valence-corrected chi connectivity index (χ3v) is 5.89. The predicted molar refractivity (Wildman–Crippen MR) is 108 cm³/mol. The van der Waals surface area contributed by atoms with Gasteiger partial charge in [0.2, 0.25) is 0 Å². The number of carbonyl (C=O) groups is 1. The van der Waals surface area contributed by atoms with Gasteiger partial charge in [-0.25, -0.2) is 0 Å². The van der Waals surface area contributed by atoms with E-state index in [9.17, 15) is 18.0 Å². The van der Waals surface area contributed by atoms with Crippen LogP contribution in [0, 0.1) is 20.8 Å². The lowest BCUT2D eigenvalue weighted by Gasteiger charge is -2.08. The molecule has 0 bridgehead atoms. The topological polar surface area (TPSA) is 78.2 Å². The molecule has 4 heterocycles. The Labute approximate surface area is 183 Å². The average Bonchev–Trinajstić information content (AvgIpc) is 3.37. The zero-order valence-electron chi connectivity index (χ0n) is 16.5. The minimum Gasteiger partial charge on any atom is -0.360 e. The number of carbonyl (C=O) groups excluding carboxylic acids is 1. The Hall–Kier alpha value is -2.79. The lowest BCUT2D eigenvalue weighted by atomic mass is 10.2. The first kappa shape index (κ1) is 21.4. The molecule has 31 heavy (non-hydrogen) atoms. The zero-order chi connectivity index (χ0) is 22.5. The molecular weight excluding hydrogens is 455 g/mol. The van der Waals surface area contributed by atoms with Crippen molar-refractivity contribution in [1.82, 2.24) is 24.3 Å². The van der Waals surface area contributed by atoms with Crippen LogP contribution in [0.3, 0.4) is 0 Å². The molecule has 0 radical (unpaired) electrons. The molecule has 12 heteroatoms. The van der Waals surface area contributed by atoms with Crippen LogP contribution >= 0.6 is 23.4 Å². The van der Waals surface area contributed by atoms with Gasteiger partial charge in [0, 0.05) is 29.2 Å². The Morgan fingerprint density at radius 2 is 1.94 bits per heavy atom. The van der Waals surface area contributed by atoms with E-state index in [4.69, 9.17) is 16.1 Å². The van der Waals surface area contributed by atoms with Crippen molar-refractivity contribution in [1.29, 1.82) is 0 Å². The molecule has 0 aliphatic heterocycles. The molecule has 0 fully saturated rings. The van der Waals surface area contributed by atoms with Gasteiger partial charge in [0.25, 0.3) is 0 Å². The number of hydrogen-bond donors (Lipinski definition) is 0. The second kappa shape index (κ2) is 7.72. The van der Waals surface area contributed by atoms with Gasteiger partial charge in [-0.3, -0.25) is 13.8 Å². The van der Waals surface area contributed by atoms with Crippen molar-refractivity contribution in [2.75, 3.05) is 5.75 Å². The van der Waals surface area contributed by atoms with Crippen molar-refractivity contribution in [3.8, 4) is 5.82 Å². The third-order valence-electron chi connectivity index (χ3n) is 4.66. The van der Waals surface area contributed by atoms with E-state index in [0.717, 1.165) is 34.1 Å². The number of ketones is 1. The molecule has 0 spiro atoms. The van der Waals surface area contributed by atoms with Gasteiger partial charge < -0.3 is 4.52 Å². The van der Waals surface area contributed by atoms with Gasteiger partial charge in [0.1, 0.15) is 5.76 Å². The highest BCUT2D eigenvalue weighted by atomic mass is 35.5. The molecule has 0 saturated carbocycles. The van der Waals surface area contributed by atoms with Crippen LogP contribution in [-0.4, -0.2) is 35.9 Å². The molecule has 0 N–H and O–H groups in total. The minimum absolute atomic E-state index is 0.0448. The summed E-state index contributed by atoms with van der Waals surface area (Å²) in [6, 6.07) is 4.29. The number of nitrogens with zero attached hydrogens (tertiary/aromatic N) is 5. The van der Waals surface area contributed by atoms with E-state index in [1.165, 1.54) is 0 Å². The molecule has 7 nitrogen and oxygen atoms in total. The molecule has 0 unspecified atom stereocenters. The Morgan fingerprint density at radius 3 is 2.58 bits per heavy atom. The zero-order valence-corrected chi connectivity index (χ0v) is 18.1. The summed E-state index contributed by atoms with van der Waals surface area (Å²) in [6.07, 6.45) is -3.70. The number of Topliss-reactive ketones (excluding diaryl/α,β-unsaturated/α-hetero) is 1. The number of fused-ring (bicyclic) bond motifs is 1. The first-order chi connectivity index (χ1) is 14.6. The lowest BCUT2D eigenvalue weighted by Crippen LogP contribution is -2.08. The number of hydrogen-bond acceptors (Lipinski definition) is 6.